The van der Waals surface area contributed by atoms with E-state index in [1.807, 2.05) is 50.2 Å². The molecule has 7 nitrogen and oxygen atoms in total. The lowest BCUT2D eigenvalue weighted by Gasteiger charge is -2.26. The molecule has 0 aromatic heterocycles. The highest BCUT2D eigenvalue weighted by Gasteiger charge is 2.39. The van der Waals surface area contributed by atoms with E-state index in [9.17, 15) is 10.0 Å². The number of carbonyl (C=O) groups is 1. The van der Waals surface area contributed by atoms with Gasteiger partial charge >= 0.3 is 5.97 Å². The molecular formula is C27H32N2O5. The van der Waals surface area contributed by atoms with E-state index in [1.54, 1.807) is 6.92 Å². The molecule has 2 aliphatic rings. The van der Waals surface area contributed by atoms with Gasteiger partial charge in [0.25, 0.3) is 0 Å². The predicted octanol–water partition coefficient (Wildman–Crippen LogP) is 3.32. The van der Waals surface area contributed by atoms with Crippen molar-refractivity contribution < 1.29 is 23.7 Å². The van der Waals surface area contributed by atoms with E-state index in [4.69, 9.17) is 14.2 Å². The number of ether oxygens (including phenoxy) is 3. The van der Waals surface area contributed by atoms with E-state index in [-0.39, 0.29) is 6.61 Å². The highest BCUT2D eigenvalue weighted by molar-refractivity contribution is 6.35. The van der Waals surface area contributed by atoms with Gasteiger partial charge in [-0.05, 0) is 61.2 Å². The van der Waals surface area contributed by atoms with Crippen LogP contribution in [-0.2, 0) is 14.3 Å². The molecule has 180 valence electrons. The van der Waals surface area contributed by atoms with Crippen molar-refractivity contribution in [2.45, 2.75) is 20.8 Å². The zero-order chi connectivity index (χ0) is 24.2. The SMILES string of the molecule is CCOC(=O)C1=C(c2c(C)cccc2C)c2ccc(OCCN3CCOCC3)cc2/C1=[N+](/C)[O-]. The molecule has 1 fully saturated rings. The number of hydroxylamine groups is 1. The topological polar surface area (TPSA) is 74.1 Å². The Labute approximate surface area is 200 Å². The number of benzene rings is 2. The molecule has 0 atom stereocenters. The number of esters is 1. The van der Waals surface area contributed by atoms with Crippen molar-refractivity contribution in [2.24, 2.45) is 0 Å². The Balaban J connectivity index is 1.74. The fraction of sp³-hybridized carbons (Fsp3) is 0.407. The summed E-state index contributed by atoms with van der Waals surface area (Å²) in [6.45, 7) is 10.6. The predicted molar refractivity (Wildman–Crippen MR) is 131 cm³/mol. The first kappa shape index (κ1) is 24.0. The smallest absolute Gasteiger partial charge is 0.345 e. The normalized spacial score (nSPS) is 17.5. The summed E-state index contributed by atoms with van der Waals surface area (Å²) in [5.41, 5.74) is 5.88. The highest BCUT2D eigenvalue weighted by Crippen LogP contribution is 2.42. The Morgan fingerprint density at radius 3 is 2.47 bits per heavy atom. The molecule has 1 aliphatic heterocycles. The quantitative estimate of drug-likeness (QED) is 0.271. The van der Waals surface area contributed by atoms with Gasteiger partial charge in [0.05, 0.1) is 25.4 Å². The molecule has 2 aromatic carbocycles. The first-order chi connectivity index (χ1) is 16.4. The second-order valence-corrected chi connectivity index (χ2v) is 8.59. The van der Waals surface area contributed by atoms with Gasteiger partial charge in [-0.3, -0.25) is 4.90 Å². The molecule has 0 unspecified atom stereocenters. The number of carbonyl (C=O) groups excluding carboxylic acids is 1. The maximum Gasteiger partial charge on any atom is 0.345 e. The minimum absolute atomic E-state index is 0.227. The molecular weight excluding hydrogens is 432 g/mol. The van der Waals surface area contributed by atoms with Gasteiger partial charge in [0.1, 0.15) is 25.0 Å². The Kier molecular flexibility index (Phi) is 7.34. The van der Waals surface area contributed by atoms with Crippen molar-refractivity contribution >= 4 is 17.3 Å². The number of hydrogen-bond donors (Lipinski definition) is 0. The summed E-state index contributed by atoms with van der Waals surface area (Å²) >= 11 is 0. The second kappa shape index (κ2) is 10.4. The third kappa shape index (κ3) is 4.72. The number of rotatable bonds is 7. The maximum absolute atomic E-state index is 13.2. The molecule has 4 rings (SSSR count). The summed E-state index contributed by atoms with van der Waals surface area (Å²) < 4.78 is 17.6. The van der Waals surface area contributed by atoms with Crippen molar-refractivity contribution in [3.63, 3.8) is 0 Å². The largest absolute Gasteiger partial charge is 0.624 e. The molecule has 7 heteroatoms. The molecule has 0 N–H and O–H groups in total. The van der Waals surface area contributed by atoms with Crippen molar-refractivity contribution in [1.82, 2.24) is 4.90 Å². The van der Waals surface area contributed by atoms with E-state index in [0.717, 1.165) is 65.4 Å². The number of hydrogen-bond acceptors (Lipinski definition) is 6. The Hall–Kier alpha value is -3.16. The first-order valence-corrected chi connectivity index (χ1v) is 11.8. The van der Waals surface area contributed by atoms with Crippen molar-refractivity contribution in [2.75, 3.05) is 53.1 Å². The molecule has 0 radical (unpaired) electrons. The van der Waals surface area contributed by atoms with Gasteiger partial charge in [0, 0.05) is 25.2 Å². The standard InChI is InChI=1S/C27H32N2O5/c1-5-33-27(30)25-24(23-18(2)7-6-8-19(23)3)21-10-9-20(17-22(21)26(25)28(4)31)34-16-13-29-11-14-32-15-12-29/h6-10,17H,5,11-16H2,1-4H3/b28-26+. The highest BCUT2D eigenvalue weighted by atomic mass is 16.5. The molecule has 0 bridgehead atoms. The van der Waals surface area contributed by atoms with Gasteiger partial charge in [0.2, 0.25) is 5.71 Å². The van der Waals surface area contributed by atoms with E-state index < -0.39 is 5.97 Å². The Morgan fingerprint density at radius 2 is 1.82 bits per heavy atom. The lowest BCUT2D eigenvalue weighted by molar-refractivity contribution is -0.421. The Bertz CT molecular complexity index is 1120. The van der Waals surface area contributed by atoms with Crippen LogP contribution < -0.4 is 4.74 Å². The zero-order valence-corrected chi connectivity index (χ0v) is 20.3. The summed E-state index contributed by atoms with van der Waals surface area (Å²) in [7, 11) is 1.41. The second-order valence-electron chi connectivity index (χ2n) is 8.59. The third-order valence-electron chi connectivity index (χ3n) is 6.31. The molecule has 2 aromatic rings. The maximum atomic E-state index is 13.2. The summed E-state index contributed by atoms with van der Waals surface area (Å²) in [5.74, 6) is 0.168. The van der Waals surface area contributed by atoms with Crippen molar-refractivity contribution in [3.05, 3.63) is 75.0 Å². The first-order valence-electron chi connectivity index (χ1n) is 11.8. The summed E-state index contributed by atoms with van der Waals surface area (Å²) in [5, 5.41) is 12.8. The van der Waals surface area contributed by atoms with Crippen LogP contribution in [0.15, 0.2) is 42.0 Å². The van der Waals surface area contributed by atoms with Crippen molar-refractivity contribution in [1.29, 1.82) is 0 Å². The fourth-order valence-electron chi connectivity index (χ4n) is 4.73. The number of fused-ring (bicyclic) bond motifs is 1. The molecule has 1 aliphatic carbocycles. The van der Waals surface area contributed by atoms with Gasteiger partial charge in [-0.1, -0.05) is 18.2 Å². The lowest BCUT2D eigenvalue weighted by atomic mass is 9.90. The van der Waals surface area contributed by atoms with Gasteiger partial charge in [-0.25, -0.2) is 9.53 Å². The van der Waals surface area contributed by atoms with Crippen molar-refractivity contribution in [3.8, 4) is 5.75 Å². The minimum atomic E-state index is -0.496. The number of nitrogens with zero attached hydrogens (tertiary/aromatic N) is 2. The van der Waals surface area contributed by atoms with E-state index in [1.165, 1.54) is 7.05 Å². The third-order valence-corrected chi connectivity index (χ3v) is 6.31. The molecule has 0 saturated carbocycles. The summed E-state index contributed by atoms with van der Waals surface area (Å²) in [4.78, 5) is 15.5. The average molecular weight is 465 g/mol. The molecule has 1 heterocycles. The number of aryl methyl sites for hydroxylation is 2. The van der Waals surface area contributed by atoms with Crippen LogP contribution in [0.5, 0.6) is 5.75 Å². The van der Waals surface area contributed by atoms with Gasteiger partial charge in [-0.2, -0.15) is 0 Å². The molecule has 0 spiro atoms. The average Bonchev–Trinajstić information content (AvgIpc) is 3.14. The summed E-state index contributed by atoms with van der Waals surface area (Å²) in [6, 6.07) is 11.7. The summed E-state index contributed by atoms with van der Waals surface area (Å²) in [6.07, 6.45) is 0. The number of morpholine rings is 1. The van der Waals surface area contributed by atoms with E-state index >= 15 is 0 Å². The lowest BCUT2D eigenvalue weighted by Crippen LogP contribution is -2.38. The van der Waals surface area contributed by atoms with Gasteiger partial charge < -0.3 is 19.4 Å². The van der Waals surface area contributed by atoms with Crippen LogP contribution in [0.25, 0.3) is 5.57 Å². The Morgan fingerprint density at radius 1 is 1.12 bits per heavy atom. The van der Waals surface area contributed by atoms with E-state index in [0.29, 0.717) is 29.2 Å². The van der Waals surface area contributed by atoms with Crippen LogP contribution in [0.1, 0.15) is 34.7 Å². The molecule has 34 heavy (non-hydrogen) atoms. The van der Waals surface area contributed by atoms with Gasteiger partial charge in [-0.15, -0.1) is 0 Å². The van der Waals surface area contributed by atoms with Crippen LogP contribution in [-0.4, -0.2) is 74.4 Å². The van der Waals surface area contributed by atoms with Crippen LogP contribution >= 0.6 is 0 Å². The minimum Gasteiger partial charge on any atom is -0.624 e. The van der Waals surface area contributed by atoms with Crippen LogP contribution in [0.2, 0.25) is 0 Å². The monoisotopic (exact) mass is 464 g/mol. The molecule has 1 saturated heterocycles. The van der Waals surface area contributed by atoms with Crippen LogP contribution in [0.4, 0.5) is 0 Å². The van der Waals surface area contributed by atoms with Gasteiger partial charge in [0.15, 0.2) is 0 Å². The van der Waals surface area contributed by atoms with Crippen LogP contribution in [0.3, 0.4) is 0 Å². The van der Waals surface area contributed by atoms with E-state index in [2.05, 4.69) is 4.90 Å². The molecule has 0 amide bonds. The fourth-order valence-corrected chi connectivity index (χ4v) is 4.73. The van der Waals surface area contributed by atoms with Crippen LogP contribution in [0, 0.1) is 19.1 Å². The zero-order valence-electron chi connectivity index (χ0n) is 20.3.